The number of anilines is 1. The van der Waals surface area contributed by atoms with Crippen molar-refractivity contribution in [1.29, 1.82) is 0 Å². The van der Waals surface area contributed by atoms with E-state index < -0.39 is 17.6 Å². The van der Waals surface area contributed by atoms with Gasteiger partial charge in [-0.05, 0) is 42.7 Å². The zero-order chi connectivity index (χ0) is 18.3. The predicted octanol–water partition coefficient (Wildman–Crippen LogP) is 4.91. The molecule has 26 heavy (non-hydrogen) atoms. The Bertz CT molecular complexity index is 974. The van der Waals surface area contributed by atoms with Gasteiger partial charge in [0.25, 0.3) is 0 Å². The molecule has 3 aromatic rings. The smallest absolute Gasteiger partial charge is 0.416 e. The fraction of sp³-hybridized carbons (Fsp3) is 0.263. The minimum Gasteiger partial charge on any atom is -0.440 e. The van der Waals surface area contributed by atoms with Crippen molar-refractivity contribution >= 4 is 22.7 Å². The van der Waals surface area contributed by atoms with Gasteiger partial charge in [0, 0.05) is 11.6 Å². The van der Waals surface area contributed by atoms with Gasteiger partial charge in [0.2, 0.25) is 5.91 Å². The Morgan fingerprint density at radius 2 is 2.00 bits per heavy atom. The van der Waals surface area contributed by atoms with Gasteiger partial charge in [-0.1, -0.05) is 18.2 Å². The molecule has 0 atom stereocenters. The Morgan fingerprint density at radius 1 is 1.19 bits per heavy atom. The van der Waals surface area contributed by atoms with E-state index in [-0.39, 0.29) is 6.42 Å². The summed E-state index contributed by atoms with van der Waals surface area (Å²) in [6, 6.07) is 9.89. The van der Waals surface area contributed by atoms with Crippen LogP contribution in [0, 0.1) is 0 Å². The molecule has 1 aliphatic carbocycles. The van der Waals surface area contributed by atoms with Gasteiger partial charge < -0.3 is 9.73 Å². The summed E-state index contributed by atoms with van der Waals surface area (Å²) < 4.78 is 43.9. The van der Waals surface area contributed by atoms with Crippen molar-refractivity contribution in [3.8, 4) is 0 Å². The van der Waals surface area contributed by atoms with Crippen molar-refractivity contribution in [2.24, 2.45) is 0 Å². The molecule has 134 valence electrons. The van der Waals surface area contributed by atoms with E-state index in [9.17, 15) is 18.0 Å². The van der Waals surface area contributed by atoms with Crippen LogP contribution in [0.1, 0.15) is 35.8 Å². The SMILES string of the molecule is O=C(Cc1cccc(C(F)(F)F)c1)Nc1ccc2oc(C3CC3)nc2c1. The summed E-state index contributed by atoms with van der Waals surface area (Å²) in [4.78, 5) is 16.6. The maximum absolute atomic E-state index is 12.7. The van der Waals surface area contributed by atoms with Crippen LogP contribution in [0.5, 0.6) is 0 Å². The zero-order valence-corrected chi connectivity index (χ0v) is 13.6. The highest BCUT2D eigenvalue weighted by atomic mass is 19.4. The Balaban J connectivity index is 1.47. The topological polar surface area (TPSA) is 55.1 Å². The van der Waals surface area contributed by atoms with Gasteiger partial charge in [-0.25, -0.2) is 4.98 Å². The van der Waals surface area contributed by atoms with Crippen molar-refractivity contribution in [1.82, 2.24) is 4.98 Å². The van der Waals surface area contributed by atoms with E-state index in [1.54, 1.807) is 18.2 Å². The first kappa shape index (κ1) is 16.6. The van der Waals surface area contributed by atoms with Crippen LogP contribution < -0.4 is 5.32 Å². The summed E-state index contributed by atoms with van der Waals surface area (Å²) in [7, 11) is 0. The molecule has 0 aliphatic heterocycles. The lowest BCUT2D eigenvalue weighted by atomic mass is 10.1. The second-order valence-corrected chi connectivity index (χ2v) is 6.43. The highest BCUT2D eigenvalue weighted by Gasteiger charge is 2.30. The standard InChI is InChI=1S/C19H15F3N2O2/c20-19(21,22)13-3-1-2-11(8-13)9-17(25)23-14-6-7-16-15(10-14)24-18(26-16)12-4-5-12/h1-3,6-8,10,12H,4-5,9H2,(H,23,25). The minimum atomic E-state index is -4.43. The number of halogens is 3. The molecule has 1 heterocycles. The number of carbonyl (C=O) groups excluding carboxylic acids is 1. The molecule has 2 aromatic carbocycles. The molecule has 0 unspecified atom stereocenters. The maximum atomic E-state index is 12.7. The summed E-state index contributed by atoms with van der Waals surface area (Å²) in [5.41, 5.74) is 1.38. The van der Waals surface area contributed by atoms with Gasteiger partial charge in [-0.2, -0.15) is 13.2 Å². The molecule has 1 saturated carbocycles. The van der Waals surface area contributed by atoms with Crippen molar-refractivity contribution < 1.29 is 22.4 Å². The first-order valence-electron chi connectivity index (χ1n) is 8.25. The van der Waals surface area contributed by atoms with Crippen molar-refractivity contribution in [3.63, 3.8) is 0 Å². The molecule has 1 N–H and O–H groups in total. The molecule has 0 radical (unpaired) electrons. The zero-order valence-electron chi connectivity index (χ0n) is 13.6. The number of alkyl halides is 3. The van der Waals surface area contributed by atoms with E-state index in [0.29, 0.717) is 34.2 Å². The van der Waals surface area contributed by atoms with Crippen LogP contribution in [-0.4, -0.2) is 10.9 Å². The largest absolute Gasteiger partial charge is 0.440 e. The van der Waals surface area contributed by atoms with Crippen molar-refractivity contribution in [3.05, 3.63) is 59.5 Å². The molecule has 0 saturated heterocycles. The molecule has 0 spiro atoms. The summed E-state index contributed by atoms with van der Waals surface area (Å²) in [5.74, 6) is 0.711. The van der Waals surface area contributed by atoms with Crippen LogP contribution in [0.15, 0.2) is 46.9 Å². The number of nitrogens with one attached hydrogen (secondary N) is 1. The fourth-order valence-electron chi connectivity index (χ4n) is 2.78. The van der Waals surface area contributed by atoms with Crippen LogP contribution >= 0.6 is 0 Å². The summed E-state index contributed by atoms with van der Waals surface area (Å²) in [5, 5.41) is 2.69. The van der Waals surface area contributed by atoms with E-state index in [4.69, 9.17) is 4.42 Å². The Morgan fingerprint density at radius 3 is 2.73 bits per heavy atom. The van der Waals surface area contributed by atoms with Crippen LogP contribution in [0.2, 0.25) is 0 Å². The number of benzene rings is 2. The number of fused-ring (bicyclic) bond motifs is 1. The number of hydrogen-bond acceptors (Lipinski definition) is 3. The van der Waals surface area contributed by atoms with Crippen LogP contribution in [0.3, 0.4) is 0 Å². The van der Waals surface area contributed by atoms with Gasteiger partial charge in [0.1, 0.15) is 5.52 Å². The van der Waals surface area contributed by atoms with Gasteiger partial charge in [0.15, 0.2) is 11.5 Å². The summed E-state index contributed by atoms with van der Waals surface area (Å²) >= 11 is 0. The molecular formula is C19H15F3N2O2. The highest BCUT2D eigenvalue weighted by Crippen LogP contribution is 2.40. The van der Waals surface area contributed by atoms with E-state index in [0.717, 1.165) is 25.0 Å². The minimum absolute atomic E-state index is 0.145. The third kappa shape index (κ3) is 3.56. The number of hydrogen-bond donors (Lipinski definition) is 1. The van der Waals surface area contributed by atoms with Gasteiger partial charge in [0.05, 0.1) is 12.0 Å². The number of aromatic nitrogens is 1. The van der Waals surface area contributed by atoms with Crippen LogP contribution in [-0.2, 0) is 17.4 Å². The van der Waals surface area contributed by atoms with E-state index in [1.165, 1.54) is 12.1 Å². The second kappa shape index (κ2) is 6.16. The molecule has 4 rings (SSSR count). The molecule has 0 bridgehead atoms. The average Bonchev–Trinajstić information content (AvgIpc) is 3.34. The second-order valence-electron chi connectivity index (χ2n) is 6.43. The molecule has 1 amide bonds. The normalized spacial score (nSPS) is 14.6. The predicted molar refractivity (Wildman–Crippen MR) is 89.8 cm³/mol. The number of amides is 1. The molecule has 7 heteroatoms. The third-order valence-electron chi connectivity index (χ3n) is 4.23. The fourth-order valence-corrected chi connectivity index (χ4v) is 2.78. The number of rotatable bonds is 4. The Hall–Kier alpha value is -2.83. The lowest BCUT2D eigenvalue weighted by Crippen LogP contribution is -2.15. The van der Waals surface area contributed by atoms with Crippen LogP contribution in [0.25, 0.3) is 11.1 Å². The van der Waals surface area contributed by atoms with E-state index in [1.807, 2.05) is 0 Å². The molecule has 1 aromatic heterocycles. The van der Waals surface area contributed by atoms with Crippen molar-refractivity contribution in [2.75, 3.05) is 5.32 Å². The third-order valence-corrected chi connectivity index (χ3v) is 4.23. The quantitative estimate of drug-likeness (QED) is 0.720. The number of carbonyl (C=O) groups is 1. The molecule has 1 aliphatic rings. The van der Waals surface area contributed by atoms with Crippen LogP contribution in [0.4, 0.5) is 18.9 Å². The number of oxazole rings is 1. The summed E-state index contributed by atoms with van der Waals surface area (Å²) in [6.07, 6.45) is -2.42. The van der Waals surface area contributed by atoms with Gasteiger partial charge in [-0.3, -0.25) is 4.79 Å². The van der Waals surface area contributed by atoms with E-state index >= 15 is 0 Å². The van der Waals surface area contributed by atoms with Gasteiger partial charge >= 0.3 is 6.18 Å². The lowest BCUT2D eigenvalue weighted by molar-refractivity contribution is -0.137. The average molecular weight is 360 g/mol. The monoisotopic (exact) mass is 360 g/mol. The lowest BCUT2D eigenvalue weighted by Gasteiger charge is -2.09. The Kier molecular flexibility index (Phi) is 3.94. The van der Waals surface area contributed by atoms with Crippen molar-refractivity contribution in [2.45, 2.75) is 31.4 Å². The Labute approximate surface area is 147 Å². The molecule has 1 fully saturated rings. The van der Waals surface area contributed by atoms with E-state index in [2.05, 4.69) is 10.3 Å². The maximum Gasteiger partial charge on any atom is 0.416 e. The first-order valence-corrected chi connectivity index (χ1v) is 8.25. The highest BCUT2D eigenvalue weighted by molar-refractivity contribution is 5.94. The molecular weight excluding hydrogens is 345 g/mol. The molecule has 4 nitrogen and oxygen atoms in total. The summed E-state index contributed by atoms with van der Waals surface area (Å²) in [6.45, 7) is 0. The number of nitrogens with zero attached hydrogens (tertiary/aromatic N) is 1. The van der Waals surface area contributed by atoms with Gasteiger partial charge in [-0.15, -0.1) is 0 Å². The first-order chi connectivity index (χ1) is 12.4.